The molecule has 7 nitrogen and oxygen atoms in total. The number of para-hydroxylation sites is 2. The van der Waals surface area contributed by atoms with E-state index in [1.165, 1.54) is 0 Å². The summed E-state index contributed by atoms with van der Waals surface area (Å²) in [5.74, 6) is -0.914. The Bertz CT molecular complexity index is 814. The van der Waals surface area contributed by atoms with Crippen LogP contribution in [0.2, 0.25) is 0 Å². The minimum Gasteiger partial charge on any atom is -0.481 e. The second-order valence-electron chi connectivity index (χ2n) is 6.50. The number of anilines is 1. The number of hydrogen-bond acceptors (Lipinski definition) is 5. The number of fused-ring (bicyclic) bond motifs is 1. The number of piperidine rings is 1. The zero-order valence-corrected chi connectivity index (χ0v) is 13.1. The molecule has 2 N–H and O–H groups in total. The van der Waals surface area contributed by atoms with Crippen molar-refractivity contribution in [2.45, 2.75) is 24.8 Å². The number of rotatable bonds is 2. The lowest BCUT2D eigenvalue weighted by atomic mass is 9.78. The first-order chi connectivity index (χ1) is 11.6. The topological polar surface area (TPSA) is 95.4 Å². The van der Waals surface area contributed by atoms with Crippen LogP contribution in [0.15, 0.2) is 30.5 Å². The van der Waals surface area contributed by atoms with Gasteiger partial charge in [-0.1, -0.05) is 12.1 Å². The average molecular weight is 326 g/mol. The van der Waals surface area contributed by atoms with Gasteiger partial charge in [0.2, 0.25) is 5.91 Å². The standard InChI is InChI=1S/C17H18N4O3/c22-15-9-11(16(23)24)17(20-15)5-7-21(8-6-17)14-10-18-12-3-1-2-4-13(12)19-14/h1-4,10-11H,5-9H2,(H,20,22)(H,23,24)/t11-/m1/s1. The molecule has 2 saturated heterocycles. The molecule has 1 aromatic heterocycles. The Morgan fingerprint density at radius 1 is 1.25 bits per heavy atom. The third kappa shape index (κ3) is 2.36. The van der Waals surface area contributed by atoms with E-state index < -0.39 is 17.4 Å². The molecule has 2 aliphatic heterocycles. The number of carboxylic acid groups (broad SMARTS) is 1. The lowest BCUT2D eigenvalue weighted by Gasteiger charge is -2.41. The fourth-order valence-electron chi connectivity index (χ4n) is 3.83. The maximum atomic E-state index is 11.7. The maximum Gasteiger partial charge on any atom is 0.309 e. The van der Waals surface area contributed by atoms with Crippen molar-refractivity contribution in [1.82, 2.24) is 15.3 Å². The molecule has 1 spiro atoms. The van der Waals surface area contributed by atoms with E-state index >= 15 is 0 Å². The first-order valence-electron chi connectivity index (χ1n) is 8.08. The van der Waals surface area contributed by atoms with Crippen molar-refractivity contribution >= 4 is 28.7 Å². The van der Waals surface area contributed by atoms with Crippen molar-refractivity contribution in [3.63, 3.8) is 0 Å². The summed E-state index contributed by atoms with van der Waals surface area (Å²) < 4.78 is 0. The van der Waals surface area contributed by atoms with Crippen LogP contribution in [0, 0.1) is 5.92 Å². The molecule has 0 aliphatic carbocycles. The molecular weight excluding hydrogens is 308 g/mol. The lowest BCUT2D eigenvalue weighted by molar-refractivity contribution is -0.144. The van der Waals surface area contributed by atoms with Gasteiger partial charge in [-0.25, -0.2) is 4.98 Å². The van der Waals surface area contributed by atoms with Gasteiger partial charge in [-0.15, -0.1) is 0 Å². The Morgan fingerprint density at radius 3 is 2.67 bits per heavy atom. The van der Waals surface area contributed by atoms with Gasteiger partial charge in [0, 0.05) is 19.5 Å². The van der Waals surface area contributed by atoms with Crippen molar-refractivity contribution in [1.29, 1.82) is 0 Å². The van der Waals surface area contributed by atoms with Crippen molar-refractivity contribution < 1.29 is 14.7 Å². The number of nitrogens with one attached hydrogen (secondary N) is 1. The smallest absolute Gasteiger partial charge is 0.309 e. The van der Waals surface area contributed by atoms with Gasteiger partial charge in [0.1, 0.15) is 5.82 Å². The number of carbonyl (C=O) groups excluding carboxylic acids is 1. The molecular formula is C17H18N4O3. The maximum absolute atomic E-state index is 11.7. The number of benzene rings is 1. The SMILES string of the molecule is O=C1C[C@H](C(=O)O)C2(CCN(c3cnc4ccccc4n3)CC2)N1. The van der Waals surface area contributed by atoms with Gasteiger partial charge in [-0.2, -0.15) is 0 Å². The van der Waals surface area contributed by atoms with Gasteiger partial charge >= 0.3 is 5.97 Å². The van der Waals surface area contributed by atoms with Crippen LogP contribution < -0.4 is 10.2 Å². The Hall–Kier alpha value is -2.70. The number of hydrogen-bond donors (Lipinski definition) is 2. The number of amides is 1. The highest BCUT2D eigenvalue weighted by atomic mass is 16.4. The molecule has 3 heterocycles. The van der Waals surface area contributed by atoms with Gasteiger partial charge < -0.3 is 15.3 Å². The predicted molar refractivity (Wildman–Crippen MR) is 87.6 cm³/mol. The third-order valence-corrected chi connectivity index (χ3v) is 5.16. The van der Waals surface area contributed by atoms with Crippen molar-refractivity contribution in [2.75, 3.05) is 18.0 Å². The van der Waals surface area contributed by atoms with Crippen LogP contribution in [0.1, 0.15) is 19.3 Å². The third-order valence-electron chi connectivity index (χ3n) is 5.16. The first-order valence-corrected chi connectivity index (χ1v) is 8.08. The fraction of sp³-hybridized carbons (Fsp3) is 0.412. The first kappa shape index (κ1) is 14.9. The lowest BCUT2D eigenvalue weighted by Crippen LogP contribution is -2.55. The summed E-state index contributed by atoms with van der Waals surface area (Å²) in [4.78, 5) is 34.4. The van der Waals surface area contributed by atoms with Crippen LogP contribution in [0.25, 0.3) is 11.0 Å². The van der Waals surface area contributed by atoms with Crippen LogP contribution in [-0.2, 0) is 9.59 Å². The van der Waals surface area contributed by atoms with E-state index in [2.05, 4.69) is 20.2 Å². The normalized spacial score (nSPS) is 22.8. The van der Waals surface area contributed by atoms with E-state index in [1.54, 1.807) is 6.20 Å². The van der Waals surface area contributed by atoms with E-state index in [-0.39, 0.29) is 12.3 Å². The summed E-state index contributed by atoms with van der Waals surface area (Å²) in [5, 5.41) is 12.3. The number of aliphatic carboxylic acids is 1. The predicted octanol–water partition coefficient (Wildman–Crippen LogP) is 1.19. The van der Waals surface area contributed by atoms with Crippen molar-refractivity contribution in [3.8, 4) is 0 Å². The summed E-state index contributed by atoms with van der Waals surface area (Å²) in [5.41, 5.74) is 1.07. The summed E-state index contributed by atoms with van der Waals surface area (Å²) in [6, 6.07) is 7.70. The van der Waals surface area contributed by atoms with Gasteiger partial charge in [0.25, 0.3) is 0 Å². The Labute approximate surface area is 138 Å². The van der Waals surface area contributed by atoms with E-state index in [4.69, 9.17) is 0 Å². The van der Waals surface area contributed by atoms with E-state index in [1.807, 2.05) is 24.3 Å². The minimum atomic E-state index is -0.896. The average Bonchev–Trinajstić information content (AvgIpc) is 2.91. The van der Waals surface area contributed by atoms with Crippen LogP contribution in [-0.4, -0.2) is 45.6 Å². The largest absolute Gasteiger partial charge is 0.481 e. The summed E-state index contributed by atoms with van der Waals surface area (Å²) >= 11 is 0. The van der Waals surface area contributed by atoms with Crippen LogP contribution >= 0.6 is 0 Å². The Morgan fingerprint density at radius 2 is 1.96 bits per heavy atom. The quantitative estimate of drug-likeness (QED) is 0.861. The second kappa shape index (κ2) is 5.43. The van der Waals surface area contributed by atoms with Crippen LogP contribution in [0.3, 0.4) is 0 Å². The van der Waals surface area contributed by atoms with E-state index in [9.17, 15) is 14.7 Å². The zero-order valence-electron chi connectivity index (χ0n) is 13.1. The molecule has 0 saturated carbocycles. The second-order valence-corrected chi connectivity index (χ2v) is 6.50. The van der Waals surface area contributed by atoms with Crippen molar-refractivity contribution in [3.05, 3.63) is 30.5 Å². The number of aromatic nitrogens is 2. The molecule has 1 atom stereocenters. The Kier molecular flexibility index (Phi) is 3.37. The number of nitrogens with zero attached hydrogens (tertiary/aromatic N) is 3. The summed E-state index contributed by atoms with van der Waals surface area (Å²) in [6.07, 6.45) is 3.03. The van der Waals surface area contributed by atoms with E-state index in [0.717, 1.165) is 16.9 Å². The van der Waals surface area contributed by atoms with Gasteiger partial charge in [0.15, 0.2) is 0 Å². The number of carbonyl (C=O) groups is 2. The zero-order chi connectivity index (χ0) is 16.7. The molecule has 7 heteroatoms. The van der Waals surface area contributed by atoms with Gasteiger partial charge in [0.05, 0.1) is 28.7 Å². The minimum absolute atomic E-state index is 0.0745. The van der Waals surface area contributed by atoms with Crippen LogP contribution in [0.5, 0.6) is 0 Å². The molecule has 2 aliphatic rings. The highest BCUT2D eigenvalue weighted by Crippen LogP contribution is 2.37. The molecule has 0 radical (unpaired) electrons. The van der Waals surface area contributed by atoms with E-state index in [0.29, 0.717) is 25.9 Å². The molecule has 124 valence electrons. The molecule has 24 heavy (non-hydrogen) atoms. The van der Waals surface area contributed by atoms with Gasteiger partial charge in [-0.05, 0) is 25.0 Å². The van der Waals surface area contributed by atoms with Crippen molar-refractivity contribution in [2.24, 2.45) is 5.92 Å². The molecule has 1 aromatic carbocycles. The molecule has 0 bridgehead atoms. The highest BCUT2D eigenvalue weighted by Gasteiger charge is 2.51. The monoisotopic (exact) mass is 326 g/mol. The Balaban J connectivity index is 1.55. The highest BCUT2D eigenvalue weighted by molar-refractivity contribution is 5.88. The molecule has 0 unspecified atom stereocenters. The van der Waals surface area contributed by atoms with Gasteiger partial charge in [-0.3, -0.25) is 14.6 Å². The van der Waals surface area contributed by atoms with Crippen LogP contribution in [0.4, 0.5) is 5.82 Å². The number of carboxylic acids is 1. The molecule has 2 aromatic rings. The summed E-state index contributed by atoms with van der Waals surface area (Å²) in [6.45, 7) is 1.30. The molecule has 4 rings (SSSR count). The summed E-state index contributed by atoms with van der Waals surface area (Å²) in [7, 11) is 0. The molecule has 2 fully saturated rings. The fourth-order valence-corrected chi connectivity index (χ4v) is 3.83. The molecule has 1 amide bonds.